The number of esters is 1. The number of carbonyl (C=O) groups excluding carboxylic acids is 1. The second kappa shape index (κ2) is 5.63. The van der Waals surface area contributed by atoms with Crippen molar-refractivity contribution in [2.75, 3.05) is 7.11 Å². The second-order valence-corrected chi connectivity index (χ2v) is 3.77. The van der Waals surface area contributed by atoms with Crippen LogP contribution in [0, 0.1) is 5.92 Å². The molecule has 0 aromatic rings. The van der Waals surface area contributed by atoms with E-state index in [1.807, 2.05) is 6.08 Å². The summed E-state index contributed by atoms with van der Waals surface area (Å²) in [5.74, 6) is 0.542. The van der Waals surface area contributed by atoms with Crippen molar-refractivity contribution in [3.8, 4) is 0 Å². The van der Waals surface area contributed by atoms with E-state index >= 15 is 0 Å². The molecule has 1 saturated carbocycles. The van der Waals surface area contributed by atoms with Crippen LogP contribution in [0.4, 0.5) is 0 Å². The largest absolute Gasteiger partial charge is 0.466 e. The summed E-state index contributed by atoms with van der Waals surface area (Å²) in [5, 5.41) is 0. The summed E-state index contributed by atoms with van der Waals surface area (Å²) in [6, 6.07) is 0. The van der Waals surface area contributed by atoms with Crippen molar-refractivity contribution < 1.29 is 9.53 Å². The van der Waals surface area contributed by atoms with Gasteiger partial charge in [0.15, 0.2) is 0 Å². The maximum atomic E-state index is 10.7. The monoisotopic (exact) mass is 194 g/mol. The number of hydrogen-bond donors (Lipinski definition) is 0. The smallest absolute Gasteiger partial charge is 0.330 e. The van der Waals surface area contributed by atoms with E-state index in [0.29, 0.717) is 0 Å². The lowest BCUT2D eigenvalue weighted by Gasteiger charge is -1.95. The standard InChI is InChI=1S/C12H18O2/c1-10-9-11(10)7-5-3-4-6-8-12(13)14-2/h6,8,11H,1,3-5,7,9H2,2H3/b8-6+. The van der Waals surface area contributed by atoms with Crippen LogP contribution < -0.4 is 0 Å². The first-order chi connectivity index (χ1) is 6.74. The van der Waals surface area contributed by atoms with E-state index in [4.69, 9.17) is 0 Å². The Labute approximate surface area is 85.6 Å². The van der Waals surface area contributed by atoms with Crippen LogP contribution in [0.3, 0.4) is 0 Å². The van der Waals surface area contributed by atoms with Gasteiger partial charge in [-0.1, -0.05) is 24.6 Å². The van der Waals surface area contributed by atoms with E-state index in [1.165, 1.54) is 38.0 Å². The first-order valence-corrected chi connectivity index (χ1v) is 5.16. The van der Waals surface area contributed by atoms with Crippen molar-refractivity contribution in [3.05, 3.63) is 24.3 Å². The molecule has 0 aromatic carbocycles. The normalized spacial score (nSPS) is 20.1. The Morgan fingerprint density at radius 2 is 2.36 bits per heavy atom. The fourth-order valence-corrected chi connectivity index (χ4v) is 1.46. The number of methoxy groups -OCH3 is 1. The third kappa shape index (κ3) is 4.26. The summed E-state index contributed by atoms with van der Waals surface area (Å²) in [5.41, 5.74) is 1.41. The molecule has 14 heavy (non-hydrogen) atoms. The number of ether oxygens (including phenoxy) is 1. The average Bonchev–Trinajstić information content (AvgIpc) is 2.87. The molecule has 2 nitrogen and oxygen atoms in total. The maximum Gasteiger partial charge on any atom is 0.330 e. The second-order valence-electron chi connectivity index (χ2n) is 3.77. The van der Waals surface area contributed by atoms with Crippen molar-refractivity contribution in [2.24, 2.45) is 5.92 Å². The van der Waals surface area contributed by atoms with Gasteiger partial charge in [0.2, 0.25) is 0 Å². The SMILES string of the molecule is C=C1CC1CCCC/C=C/C(=O)OC. The van der Waals surface area contributed by atoms with Gasteiger partial charge in [-0.3, -0.25) is 0 Å². The zero-order chi connectivity index (χ0) is 10.4. The van der Waals surface area contributed by atoms with Crippen molar-refractivity contribution in [1.82, 2.24) is 0 Å². The molecule has 2 heteroatoms. The number of allylic oxidation sites excluding steroid dienone is 2. The highest BCUT2D eigenvalue weighted by Gasteiger charge is 2.25. The van der Waals surface area contributed by atoms with E-state index in [1.54, 1.807) is 0 Å². The molecule has 0 saturated heterocycles. The number of unbranched alkanes of at least 4 members (excludes halogenated alkanes) is 2. The number of rotatable bonds is 6. The van der Waals surface area contributed by atoms with Gasteiger partial charge in [0.1, 0.15) is 0 Å². The molecule has 0 spiro atoms. The molecule has 1 rings (SSSR count). The third-order valence-corrected chi connectivity index (χ3v) is 2.55. The van der Waals surface area contributed by atoms with Crippen LogP contribution in [0.15, 0.2) is 24.3 Å². The molecule has 1 fully saturated rings. The highest BCUT2D eigenvalue weighted by Crippen LogP contribution is 2.39. The predicted molar refractivity (Wildman–Crippen MR) is 56.9 cm³/mol. The topological polar surface area (TPSA) is 26.3 Å². The van der Waals surface area contributed by atoms with E-state index in [0.717, 1.165) is 18.8 Å². The van der Waals surface area contributed by atoms with E-state index < -0.39 is 0 Å². The Kier molecular flexibility index (Phi) is 4.44. The van der Waals surface area contributed by atoms with Gasteiger partial charge < -0.3 is 4.74 Å². The van der Waals surface area contributed by atoms with Crippen LogP contribution in [-0.4, -0.2) is 13.1 Å². The Bertz CT molecular complexity index is 241. The molecule has 0 aliphatic heterocycles. The molecule has 0 N–H and O–H groups in total. The highest BCUT2D eigenvalue weighted by atomic mass is 16.5. The molecule has 0 heterocycles. The summed E-state index contributed by atoms with van der Waals surface area (Å²) in [4.78, 5) is 10.7. The molecule has 78 valence electrons. The van der Waals surface area contributed by atoms with Crippen molar-refractivity contribution in [1.29, 1.82) is 0 Å². The quantitative estimate of drug-likeness (QED) is 0.281. The summed E-state index contributed by atoms with van der Waals surface area (Å²) in [6.45, 7) is 3.92. The van der Waals surface area contributed by atoms with Crippen LogP contribution in [0.2, 0.25) is 0 Å². The van der Waals surface area contributed by atoms with Gasteiger partial charge in [-0.2, -0.15) is 0 Å². The molecule has 1 atom stereocenters. The molecule has 1 unspecified atom stereocenters. The van der Waals surface area contributed by atoms with Gasteiger partial charge >= 0.3 is 5.97 Å². The summed E-state index contributed by atoms with van der Waals surface area (Å²) in [6.07, 6.45) is 9.23. The van der Waals surface area contributed by atoms with Gasteiger partial charge in [-0.15, -0.1) is 0 Å². The predicted octanol–water partition coefficient (Wildman–Crippen LogP) is 2.85. The van der Waals surface area contributed by atoms with Crippen LogP contribution in [0.25, 0.3) is 0 Å². The Morgan fingerprint density at radius 3 is 2.93 bits per heavy atom. The molecular weight excluding hydrogens is 176 g/mol. The van der Waals surface area contributed by atoms with Gasteiger partial charge in [-0.25, -0.2) is 4.79 Å². The minimum Gasteiger partial charge on any atom is -0.466 e. The van der Waals surface area contributed by atoms with Crippen molar-refractivity contribution in [2.45, 2.75) is 32.1 Å². The highest BCUT2D eigenvalue weighted by molar-refractivity contribution is 5.81. The Hall–Kier alpha value is -1.05. The number of carbonyl (C=O) groups is 1. The first kappa shape index (κ1) is 11.0. The van der Waals surface area contributed by atoms with Gasteiger partial charge in [0.25, 0.3) is 0 Å². The van der Waals surface area contributed by atoms with Gasteiger partial charge in [0, 0.05) is 6.08 Å². The van der Waals surface area contributed by atoms with Crippen molar-refractivity contribution in [3.63, 3.8) is 0 Å². The summed E-state index contributed by atoms with van der Waals surface area (Å²) >= 11 is 0. The zero-order valence-electron chi connectivity index (χ0n) is 8.79. The average molecular weight is 194 g/mol. The fraction of sp³-hybridized carbons (Fsp3) is 0.583. The third-order valence-electron chi connectivity index (χ3n) is 2.55. The Morgan fingerprint density at radius 1 is 1.64 bits per heavy atom. The van der Waals surface area contributed by atoms with Crippen LogP contribution >= 0.6 is 0 Å². The molecule has 0 amide bonds. The van der Waals surface area contributed by atoms with Gasteiger partial charge in [-0.05, 0) is 31.6 Å². The van der Waals surface area contributed by atoms with E-state index in [9.17, 15) is 4.79 Å². The first-order valence-electron chi connectivity index (χ1n) is 5.16. The summed E-state index contributed by atoms with van der Waals surface area (Å²) < 4.78 is 4.48. The molecule has 0 radical (unpaired) electrons. The Balaban J connectivity index is 1.91. The van der Waals surface area contributed by atoms with E-state index in [-0.39, 0.29) is 5.97 Å². The summed E-state index contributed by atoms with van der Waals surface area (Å²) in [7, 11) is 1.39. The lowest BCUT2D eigenvalue weighted by atomic mass is 10.1. The lowest BCUT2D eigenvalue weighted by molar-refractivity contribution is -0.134. The van der Waals surface area contributed by atoms with Crippen molar-refractivity contribution >= 4 is 5.97 Å². The van der Waals surface area contributed by atoms with Crippen LogP contribution in [0.1, 0.15) is 32.1 Å². The lowest BCUT2D eigenvalue weighted by Crippen LogP contribution is -1.93. The minimum atomic E-state index is -0.263. The zero-order valence-corrected chi connectivity index (χ0v) is 8.79. The molecule has 0 bridgehead atoms. The molecular formula is C12H18O2. The molecule has 0 aromatic heterocycles. The molecule has 1 aliphatic rings. The number of hydrogen-bond acceptors (Lipinski definition) is 2. The molecule has 1 aliphatic carbocycles. The minimum absolute atomic E-state index is 0.263. The fourth-order valence-electron chi connectivity index (χ4n) is 1.46. The maximum absolute atomic E-state index is 10.7. The van der Waals surface area contributed by atoms with Gasteiger partial charge in [0.05, 0.1) is 7.11 Å². The van der Waals surface area contributed by atoms with Crippen LogP contribution in [0.5, 0.6) is 0 Å². The van der Waals surface area contributed by atoms with Crippen LogP contribution in [-0.2, 0) is 9.53 Å². The van der Waals surface area contributed by atoms with E-state index in [2.05, 4.69) is 11.3 Å².